The molecule has 110 valence electrons. The van der Waals surface area contributed by atoms with Crippen molar-refractivity contribution >= 4 is 11.3 Å². The predicted molar refractivity (Wildman–Crippen MR) is 77.6 cm³/mol. The molecular weight excluding hydrogens is 276 g/mol. The van der Waals surface area contributed by atoms with Gasteiger partial charge in [0.15, 0.2) is 0 Å². The Morgan fingerprint density at radius 2 is 2.40 bits per heavy atom. The quantitative estimate of drug-likeness (QED) is 0.782. The van der Waals surface area contributed by atoms with Gasteiger partial charge in [0, 0.05) is 11.4 Å². The van der Waals surface area contributed by atoms with Crippen LogP contribution in [0.25, 0.3) is 0 Å². The molecule has 20 heavy (non-hydrogen) atoms. The molecule has 0 radical (unpaired) electrons. The van der Waals surface area contributed by atoms with Gasteiger partial charge in [0.25, 0.3) is 0 Å². The molecule has 2 aromatic heterocycles. The highest BCUT2D eigenvalue weighted by Gasteiger charge is 2.13. The monoisotopic (exact) mass is 296 g/mol. The highest BCUT2D eigenvalue weighted by Crippen LogP contribution is 2.12. The zero-order valence-corrected chi connectivity index (χ0v) is 12.5. The van der Waals surface area contributed by atoms with E-state index in [0.29, 0.717) is 25.6 Å². The molecule has 0 fully saturated rings. The van der Waals surface area contributed by atoms with Crippen LogP contribution >= 0.6 is 11.3 Å². The van der Waals surface area contributed by atoms with Crippen molar-refractivity contribution in [3.63, 3.8) is 0 Å². The fourth-order valence-corrected chi connectivity index (χ4v) is 2.36. The van der Waals surface area contributed by atoms with Gasteiger partial charge in [0.05, 0.1) is 31.6 Å². The molecule has 2 aromatic rings. The number of aliphatic hydroxyl groups excluding tert-OH is 1. The maximum absolute atomic E-state index is 9.84. The van der Waals surface area contributed by atoms with Gasteiger partial charge >= 0.3 is 0 Å². The molecule has 0 spiro atoms. The summed E-state index contributed by atoms with van der Waals surface area (Å²) in [6.07, 6.45) is 1.14. The third kappa shape index (κ3) is 4.72. The van der Waals surface area contributed by atoms with Gasteiger partial charge in [0.1, 0.15) is 5.76 Å². The molecule has 0 aliphatic heterocycles. The maximum Gasteiger partial charge on any atom is 0.211 e. The van der Waals surface area contributed by atoms with Crippen molar-refractivity contribution in [1.29, 1.82) is 0 Å². The molecule has 2 atom stereocenters. The van der Waals surface area contributed by atoms with Gasteiger partial charge in [-0.05, 0) is 25.3 Å². The van der Waals surface area contributed by atoms with Crippen molar-refractivity contribution in [3.8, 4) is 0 Å². The first-order chi connectivity index (χ1) is 9.65. The first-order valence-electron chi connectivity index (χ1n) is 6.59. The van der Waals surface area contributed by atoms with E-state index >= 15 is 0 Å². The highest BCUT2D eigenvalue weighted by molar-refractivity contribution is 7.09. The van der Waals surface area contributed by atoms with Crippen LogP contribution in [0.15, 0.2) is 28.1 Å². The number of nitrogens with one attached hydrogen (secondary N) is 1. The average molecular weight is 296 g/mol. The lowest BCUT2D eigenvalue weighted by Gasteiger charge is -2.15. The summed E-state index contributed by atoms with van der Waals surface area (Å²) in [7, 11) is 0. The van der Waals surface area contributed by atoms with Crippen LogP contribution in [-0.2, 0) is 11.3 Å². The summed E-state index contributed by atoms with van der Waals surface area (Å²) in [5.74, 6) is 1.42. The number of thiophene rings is 1. The lowest BCUT2D eigenvalue weighted by Crippen LogP contribution is -2.32. The van der Waals surface area contributed by atoms with Crippen LogP contribution in [-0.4, -0.2) is 29.3 Å². The Morgan fingerprint density at radius 1 is 1.55 bits per heavy atom. The Kier molecular flexibility index (Phi) is 5.72. The normalized spacial score (nSPS) is 14.3. The summed E-state index contributed by atoms with van der Waals surface area (Å²) in [5, 5.41) is 15.0. The Morgan fingerprint density at radius 3 is 3.05 bits per heavy atom. The summed E-state index contributed by atoms with van der Waals surface area (Å²) < 4.78 is 10.9. The Hall–Kier alpha value is -1.21. The summed E-state index contributed by atoms with van der Waals surface area (Å²) in [6.45, 7) is 5.10. The summed E-state index contributed by atoms with van der Waals surface area (Å²) in [6, 6.07) is 3.97. The van der Waals surface area contributed by atoms with Crippen molar-refractivity contribution in [2.75, 3.05) is 13.2 Å². The van der Waals surface area contributed by atoms with Crippen LogP contribution in [0.5, 0.6) is 0 Å². The number of ether oxygens (including phenoxy) is 1. The molecule has 0 saturated heterocycles. The minimum Gasteiger partial charge on any atom is -0.444 e. The Bertz CT molecular complexity index is 498. The number of oxazole rings is 1. The molecule has 2 unspecified atom stereocenters. The lowest BCUT2D eigenvalue weighted by molar-refractivity contribution is 0.0284. The van der Waals surface area contributed by atoms with E-state index in [0.717, 1.165) is 10.6 Å². The standard InChI is InChI=1S/C14H20N2O3S/c1-10-6-16-14(19-10)11(2)15-7-12(17)8-18-9-13-4-3-5-20-13/h3-6,11-12,15,17H,7-9H2,1-2H3. The van der Waals surface area contributed by atoms with Crippen molar-refractivity contribution in [2.24, 2.45) is 0 Å². The second-order valence-electron chi connectivity index (χ2n) is 4.69. The highest BCUT2D eigenvalue weighted by atomic mass is 32.1. The number of nitrogens with zero attached hydrogens (tertiary/aromatic N) is 1. The fraction of sp³-hybridized carbons (Fsp3) is 0.500. The minimum atomic E-state index is -0.548. The molecule has 2 heterocycles. The van der Waals surface area contributed by atoms with Gasteiger partial charge in [-0.15, -0.1) is 11.3 Å². The van der Waals surface area contributed by atoms with Crippen LogP contribution < -0.4 is 5.32 Å². The first-order valence-corrected chi connectivity index (χ1v) is 7.47. The van der Waals surface area contributed by atoms with Crippen LogP contribution in [0.1, 0.15) is 29.5 Å². The molecule has 0 aliphatic rings. The molecule has 0 aromatic carbocycles. The zero-order valence-electron chi connectivity index (χ0n) is 11.7. The largest absolute Gasteiger partial charge is 0.444 e. The van der Waals surface area contributed by atoms with Gasteiger partial charge < -0.3 is 19.6 Å². The number of aliphatic hydroxyl groups is 1. The lowest BCUT2D eigenvalue weighted by atomic mass is 10.3. The van der Waals surface area contributed by atoms with Crippen molar-refractivity contribution in [2.45, 2.75) is 32.6 Å². The Balaban J connectivity index is 1.63. The topological polar surface area (TPSA) is 67.5 Å². The molecule has 0 aliphatic carbocycles. The molecule has 2 rings (SSSR count). The molecule has 0 amide bonds. The fourth-order valence-electron chi connectivity index (χ4n) is 1.72. The van der Waals surface area contributed by atoms with Crippen LogP contribution in [0.3, 0.4) is 0 Å². The van der Waals surface area contributed by atoms with Gasteiger partial charge in [-0.25, -0.2) is 4.98 Å². The minimum absolute atomic E-state index is 0.0318. The van der Waals surface area contributed by atoms with E-state index in [1.165, 1.54) is 0 Å². The van der Waals surface area contributed by atoms with Crippen LogP contribution in [0.4, 0.5) is 0 Å². The van der Waals surface area contributed by atoms with E-state index < -0.39 is 6.10 Å². The van der Waals surface area contributed by atoms with E-state index in [1.807, 2.05) is 31.4 Å². The van der Waals surface area contributed by atoms with E-state index in [-0.39, 0.29) is 6.04 Å². The first kappa shape index (κ1) is 15.2. The number of aromatic nitrogens is 1. The van der Waals surface area contributed by atoms with Crippen LogP contribution in [0, 0.1) is 6.92 Å². The molecule has 5 nitrogen and oxygen atoms in total. The molecule has 2 N–H and O–H groups in total. The third-order valence-corrected chi connectivity index (χ3v) is 3.65. The average Bonchev–Trinajstić information content (AvgIpc) is 3.07. The smallest absolute Gasteiger partial charge is 0.211 e. The second kappa shape index (κ2) is 7.54. The maximum atomic E-state index is 9.84. The van der Waals surface area contributed by atoms with E-state index in [1.54, 1.807) is 17.5 Å². The second-order valence-corrected chi connectivity index (χ2v) is 5.72. The number of hydrogen-bond acceptors (Lipinski definition) is 6. The SMILES string of the molecule is Cc1cnc(C(C)NCC(O)COCc2cccs2)o1. The molecular formula is C14H20N2O3S. The van der Waals surface area contributed by atoms with Gasteiger partial charge in [-0.1, -0.05) is 6.07 Å². The molecule has 0 saturated carbocycles. The van der Waals surface area contributed by atoms with Crippen molar-refractivity contribution in [3.05, 3.63) is 40.2 Å². The molecule has 6 heteroatoms. The van der Waals surface area contributed by atoms with Crippen LogP contribution in [0.2, 0.25) is 0 Å². The number of hydrogen-bond donors (Lipinski definition) is 2. The van der Waals surface area contributed by atoms with Gasteiger partial charge in [-0.3, -0.25) is 0 Å². The zero-order chi connectivity index (χ0) is 14.4. The third-order valence-electron chi connectivity index (χ3n) is 2.80. The predicted octanol–water partition coefficient (Wildman–Crippen LogP) is 2.27. The van der Waals surface area contributed by atoms with Crippen molar-refractivity contribution in [1.82, 2.24) is 10.3 Å². The van der Waals surface area contributed by atoms with E-state index in [9.17, 15) is 5.11 Å². The molecule has 0 bridgehead atoms. The van der Waals surface area contributed by atoms with Gasteiger partial charge in [-0.2, -0.15) is 0 Å². The Labute approximate surface area is 122 Å². The summed E-state index contributed by atoms with van der Waals surface area (Å²) >= 11 is 1.65. The van der Waals surface area contributed by atoms with E-state index in [2.05, 4.69) is 10.3 Å². The van der Waals surface area contributed by atoms with Gasteiger partial charge in [0.2, 0.25) is 5.89 Å². The number of aryl methyl sites for hydroxylation is 1. The van der Waals surface area contributed by atoms with E-state index in [4.69, 9.17) is 9.15 Å². The summed E-state index contributed by atoms with van der Waals surface area (Å²) in [4.78, 5) is 5.31. The summed E-state index contributed by atoms with van der Waals surface area (Å²) in [5.41, 5.74) is 0. The number of rotatable bonds is 8. The van der Waals surface area contributed by atoms with Crippen molar-refractivity contribution < 1.29 is 14.3 Å².